The summed E-state index contributed by atoms with van der Waals surface area (Å²) in [6.07, 6.45) is 5.88. The second kappa shape index (κ2) is 6.57. The van der Waals surface area contributed by atoms with Crippen molar-refractivity contribution in [2.75, 3.05) is 49.1 Å². The molecule has 1 aromatic heterocycles. The fourth-order valence-electron chi connectivity index (χ4n) is 3.83. The van der Waals surface area contributed by atoms with Crippen LogP contribution in [0.25, 0.3) is 0 Å². The quantitative estimate of drug-likeness (QED) is 0.847. The molecule has 6 nitrogen and oxygen atoms in total. The molecular weight excluding hydrogens is 302 g/mol. The highest BCUT2D eigenvalue weighted by Gasteiger charge is 2.31. The minimum absolute atomic E-state index is 0.300. The van der Waals surface area contributed by atoms with Crippen LogP contribution in [0.15, 0.2) is 6.07 Å². The van der Waals surface area contributed by atoms with E-state index in [1.165, 1.54) is 19.3 Å². The van der Waals surface area contributed by atoms with Crippen molar-refractivity contribution in [3.05, 3.63) is 11.8 Å². The van der Waals surface area contributed by atoms with Crippen molar-refractivity contribution >= 4 is 17.7 Å². The monoisotopic (exact) mass is 329 g/mol. The first kappa shape index (κ1) is 15.7. The van der Waals surface area contributed by atoms with Gasteiger partial charge in [-0.25, -0.2) is 4.98 Å². The van der Waals surface area contributed by atoms with Gasteiger partial charge in [-0.3, -0.25) is 4.79 Å². The highest BCUT2D eigenvalue weighted by atomic mass is 16.2. The highest BCUT2D eigenvalue weighted by Crippen LogP contribution is 2.29. The van der Waals surface area contributed by atoms with Crippen molar-refractivity contribution in [2.24, 2.45) is 5.92 Å². The molecule has 6 heteroatoms. The molecular formula is C18H27N5O. The van der Waals surface area contributed by atoms with Gasteiger partial charge in [-0.15, -0.1) is 0 Å². The van der Waals surface area contributed by atoms with Gasteiger partial charge >= 0.3 is 0 Å². The molecule has 2 aliphatic heterocycles. The fourth-order valence-corrected chi connectivity index (χ4v) is 3.83. The van der Waals surface area contributed by atoms with Gasteiger partial charge in [0.2, 0.25) is 11.9 Å². The second-order valence-corrected chi connectivity index (χ2v) is 7.30. The van der Waals surface area contributed by atoms with Crippen LogP contribution in [-0.4, -0.2) is 60.0 Å². The normalized spacial score (nSPS) is 22.0. The van der Waals surface area contributed by atoms with E-state index in [-0.39, 0.29) is 0 Å². The molecule has 0 bridgehead atoms. The number of piperazine rings is 1. The number of nitrogens with zero attached hydrogens (tertiary/aromatic N) is 5. The van der Waals surface area contributed by atoms with E-state index in [0.29, 0.717) is 11.8 Å². The van der Waals surface area contributed by atoms with Gasteiger partial charge in [-0.2, -0.15) is 4.98 Å². The smallest absolute Gasteiger partial charge is 0.227 e. The topological polar surface area (TPSA) is 52.6 Å². The summed E-state index contributed by atoms with van der Waals surface area (Å²) in [7, 11) is 0. The number of hydrogen-bond donors (Lipinski definition) is 0. The van der Waals surface area contributed by atoms with Crippen LogP contribution in [0, 0.1) is 12.8 Å². The van der Waals surface area contributed by atoms with Crippen molar-refractivity contribution in [3.63, 3.8) is 0 Å². The number of carbonyl (C=O) groups is 1. The van der Waals surface area contributed by atoms with Crippen LogP contribution in [0.1, 0.15) is 37.8 Å². The molecule has 3 aliphatic rings. The van der Waals surface area contributed by atoms with E-state index < -0.39 is 0 Å². The second-order valence-electron chi connectivity index (χ2n) is 7.30. The van der Waals surface area contributed by atoms with Gasteiger partial charge in [0.15, 0.2) is 0 Å². The number of rotatable bonds is 3. The average molecular weight is 329 g/mol. The number of amides is 1. The van der Waals surface area contributed by atoms with Crippen molar-refractivity contribution in [2.45, 2.75) is 39.0 Å². The maximum absolute atomic E-state index is 12.4. The molecule has 130 valence electrons. The van der Waals surface area contributed by atoms with Crippen molar-refractivity contribution in [1.82, 2.24) is 14.9 Å². The molecule has 1 saturated carbocycles. The summed E-state index contributed by atoms with van der Waals surface area (Å²) in [4.78, 5) is 28.5. The standard InChI is InChI=1S/C18H27N5O/c1-14-13-16(21-7-2-3-8-21)20-18(19-14)23-11-9-22(10-12-23)17(24)15-5-4-6-15/h13,15H,2-12H2,1H3. The van der Waals surface area contributed by atoms with Crippen LogP contribution >= 0.6 is 0 Å². The zero-order chi connectivity index (χ0) is 16.5. The lowest BCUT2D eigenvalue weighted by Gasteiger charge is -2.38. The molecule has 0 N–H and O–H groups in total. The molecule has 3 heterocycles. The largest absolute Gasteiger partial charge is 0.356 e. The minimum atomic E-state index is 0.300. The molecule has 3 fully saturated rings. The Kier molecular flexibility index (Phi) is 4.29. The molecule has 1 aliphatic carbocycles. The summed E-state index contributed by atoms with van der Waals surface area (Å²) in [5, 5.41) is 0. The van der Waals surface area contributed by atoms with Gasteiger partial charge in [0.1, 0.15) is 5.82 Å². The van der Waals surface area contributed by atoms with E-state index in [9.17, 15) is 4.79 Å². The lowest BCUT2D eigenvalue weighted by Crippen LogP contribution is -2.51. The van der Waals surface area contributed by atoms with Crippen molar-refractivity contribution in [3.8, 4) is 0 Å². The summed E-state index contributed by atoms with van der Waals surface area (Å²) in [5.41, 5.74) is 1.02. The molecule has 0 spiro atoms. The third-order valence-corrected chi connectivity index (χ3v) is 5.59. The predicted molar refractivity (Wildman–Crippen MR) is 94.4 cm³/mol. The first-order valence-corrected chi connectivity index (χ1v) is 9.35. The van der Waals surface area contributed by atoms with Crippen molar-refractivity contribution < 1.29 is 4.79 Å². The number of aromatic nitrogens is 2. The van der Waals surface area contributed by atoms with Crippen molar-refractivity contribution in [1.29, 1.82) is 0 Å². The maximum atomic E-state index is 12.4. The summed E-state index contributed by atoms with van der Waals surface area (Å²) in [6.45, 7) is 7.50. The molecule has 4 rings (SSSR count). The number of anilines is 2. The molecule has 0 unspecified atom stereocenters. The predicted octanol–water partition coefficient (Wildman–Crippen LogP) is 1.83. The Hall–Kier alpha value is -1.85. The first-order chi connectivity index (χ1) is 11.7. The molecule has 0 atom stereocenters. The van der Waals surface area contributed by atoms with Crippen LogP contribution in [0.2, 0.25) is 0 Å². The third kappa shape index (κ3) is 3.06. The molecule has 24 heavy (non-hydrogen) atoms. The van der Waals surface area contributed by atoms with Gasteiger partial charge in [-0.05, 0) is 32.6 Å². The SMILES string of the molecule is Cc1cc(N2CCCC2)nc(N2CCN(C(=O)C3CCC3)CC2)n1. The Morgan fingerprint density at radius 1 is 0.958 bits per heavy atom. The summed E-state index contributed by atoms with van der Waals surface area (Å²) in [6, 6.07) is 2.09. The fraction of sp³-hybridized carbons (Fsp3) is 0.722. The summed E-state index contributed by atoms with van der Waals surface area (Å²) >= 11 is 0. The molecule has 1 amide bonds. The number of aryl methyl sites for hydroxylation is 1. The lowest BCUT2D eigenvalue weighted by atomic mass is 9.84. The van der Waals surface area contributed by atoms with E-state index in [4.69, 9.17) is 4.98 Å². The van der Waals surface area contributed by atoms with Crippen LogP contribution in [0.5, 0.6) is 0 Å². The number of carbonyl (C=O) groups excluding carboxylic acids is 1. The summed E-state index contributed by atoms with van der Waals surface area (Å²) in [5.74, 6) is 2.55. The van der Waals surface area contributed by atoms with Crippen LogP contribution < -0.4 is 9.80 Å². The third-order valence-electron chi connectivity index (χ3n) is 5.59. The minimum Gasteiger partial charge on any atom is -0.356 e. The van der Waals surface area contributed by atoms with Gasteiger partial charge in [0.25, 0.3) is 0 Å². The zero-order valence-electron chi connectivity index (χ0n) is 14.6. The van der Waals surface area contributed by atoms with E-state index >= 15 is 0 Å². The van der Waals surface area contributed by atoms with Crippen LogP contribution in [-0.2, 0) is 4.79 Å². The lowest BCUT2D eigenvalue weighted by molar-refractivity contribution is -0.138. The van der Waals surface area contributed by atoms with Gasteiger partial charge in [0, 0.05) is 56.9 Å². The zero-order valence-corrected chi connectivity index (χ0v) is 14.6. The highest BCUT2D eigenvalue weighted by molar-refractivity contribution is 5.79. The first-order valence-electron chi connectivity index (χ1n) is 9.35. The molecule has 0 aromatic carbocycles. The van der Waals surface area contributed by atoms with Gasteiger partial charge in [0.05, 0.1) is 0 Å². The molecule has 0 radical (unpaired) electrons. The Morgan fingerprint density at radius 2 is 1.67 bits per heavy atom. The Balaban J connectivity index is 1.42. The summed E-state index contributed by atoms with van der Waals surface area (Å²) < 4.78 is 0. The van der Waals surface area contributed by atoms with E-state index in [1.807, 2.05) is 11.8 Å². The van der Waals surface area contributed by atoms with E-state index in [2.05, 4.69) is 20.9 Å². The van der Waals surface area contributed by atoms with E-state index in [0.717, 1.165) is 69.6 Å². The average Bonchev–Trinajstić information content (AvgIpc) is 3.07. The van der Waals surface area contributed by atoms with Crippen LogP contribution in [0.4, 0.5) is 11.8 Å². The molecule has 2 saturated heterocycles. The maximum Gasteiger partial charge on any atom is 0.227 e. The van der Waals surface area contributed by atoms with E-state index in [1.54, 1.807) is 0 Å². The Labute approximate surface area is 143 Å². The Morgan fingerprint density at radius 3 is 2.29 bits per heavy atom. The number of hydrogen-bond acceptors (Lipinski definition) is 5. The van der Waals surface area contributed by atoms with Gasteiger partial charge in [-0.1, -0.05) is 6.42 Å². The van der Waals surface area contributed by atoms with Crippen LogP contribution in [0.3, 0.4) is 0 Å². The Bertz CT molecular complexity index is 601. The molecule has 1 aromatic rings. The van der Waals surface area contributed by atoms with Gasteiger partial charge < -0.3 is 14.7 Å².